The number of aromatic nitrogens is 3. The quantitative estimate of drug-likeness (QED) is 0.187. The molecule has 0 saturated heterocycles. The molecule has 0 atom stereocenters. The van der Waals surface area contributed by atoms with E-state index in [1.807, 2.05) is 78.9 Å². The van der Waals surface area contributed by atoms with Crippen molar-refractivity contribution in [2.45, 2.75) is 0 Å². The molecule has 0 unspecified atom stereocenters. The van der Waals surface area contributed by atoms with E-state index in [0.29, 0.717) is 17.5 Å². The Balaban J connectivity index is 1.20. The van der Waals surface area contributed by atoms with Gasteiger partial charge in [0.2, 0.25) is 0 Å². The summed E-state index contributed by atoms with van der Waals surface area (Å²) < 4.78 is 12.8. The molecule has 0 aliphatic rings. The third-order valence-corrected chi connectivity index (χ3v) is 9.31. The zero-order valence-corrected chi connectivity index (χ0v) is 26.7. The highest BCUT2D eigenvalue weighted by Crippen LogP contribution is 2.40. The molecule has 10 aromatic rings. The minimum absolute atomic E-state index is 0.541. The average molecular weight is 642 g/mol. The first-order valence-electron chi connectivity index (χ1n) is 16.6. The van der Waals surface area contributed by atoms with Gasteiger partial charge in [-0.1, -0.05) is 121 Å². The van der Waals surface area contributed by atoms with Crippen LogP contribution in [0.5, 0.6) is 0 Å². The van der Waals surface area contributed by atoms with E-state index in [9.17, 15) is 0 Å². The van der Waals surface area contributed by atoms with E-state index in [-0.39, 0.29) is 0 Å². The molecule has 0 bridgehead atoms. The molecule has 5 heteroatoms. The van der Waals surface area contributed by atoms with E-state index in [4.69, 9.17) is 23.8 Å². The van der Waals surface area contributed by atoms with Crippen molar-refractivity contribution in [3.63, 3.8) is 0 Å². The maximum Gasteiger partial charge on any atom is 0.167 e. The molecular formula is C45H27N3O2. The van der Waals surface area contributed by atoms with Crippen molar-refractivity contribution in [3.05, 3.63) is 164 Å². The summed E-state index contributed by atoms with van der Waals surface area (Å²) in [4.78, 5) is 15.3. The fourth-order valence-corrected chi connectivity index (χ4v) is 6.89. The first-order chi connectivity index (χ1) is 24.7. The summed E-state index contributed by atoms with van der Waals surface area (Å²) in [7, 11) is 0. The van der Waals surface area contributed by atoms with Crippen LogP contribution in [0, 0.1) is 0 Å². The summed E-state index contributed by atoms with van der Waals surface area (Å²) >= 11 is 0. The van der Waals surface area contributed by atoms with Crippen molar-refractivity contribution < 1.29 is 8.83 Å². The topological polar surface area (TPSA) is 65.0 Å². The third kappa shape index (κ3) is 4.75. The molecule has 3 aromatic heterocycles. The van der Waals surface area contributed by atoms with E-state index in [1.165, 1.54) is 0 Å². The van der Waals surface area contributed by atoms with Crippen LogP contribution < -0.4 is 0 Å². The molecule has 5 nitrogen and oxygen atoms in total. The number of furan rings is 2. The van der Waals surface area contributed by atoms with Crippen molar-refractivity contribution in [2.24, 2.45) is 0 Å². The molecule has 7 aromatic carbocycles. The van der Waals surface area contributed by atoms with E-state index < -0.39 is 0 Å². The molecule has 0 aliphatic carbocycles. The van der Waals surface area contributed by atoms with Crippen LogP contribution in [0.1, 0.15) is 0 Å². The van der Waals surface area contributed by atoms with E-state index in [1.54, 1.807) is 0 Å². The number of hydrogen-bond donors (Lipinski definition) is 0. The Hall–Kier alpha value is -6.85. The van der Waals surface area contributed by atoms with E-state index >= 15 is 0 Å². The smallest absolute Gasteiger partial charge is 0.167 e. The van der Waals surface area contributed by atoms with Gasteiger partial charge in [0.1, 0.15) is 22.3 Å². The Morgan fingerprint density at radius 3 is 1.52 bits per heavy atom. The predicted octanol–water partition coefficient (Wildman–Crippen LogP) is 12.0. The minimum atomic E-state index is 0.541. The highest BCUT2D eigenvalue weighted by atomic mass is 16.3. The molecule has 234 valence electrons. The molecule has 0 aliphatic heterocycles. The summed E-state index contributed by atoms with van der Waals surface area (Å²) in [6.45, 7) is 0. The Bertz CT molecular complexity index is 2800. The molecule has 0 saturated carbocycles. The lowest BCUT2D eigenvalue weighted by atomic mass is 9.96. The summed E-state index contributed by atoms with van der Waals surface area (Å²) in [5, 5.41) is 4.14. The van der Waals surface area contributed by atoms with Gasteiger partial charge in [0.05, 0.1) is 5.56 Å². The Morgan fingerprint density at radius 2 is 0.820 bits per heavy atom. The number of para-hydroxylation sites is 2. The second-order valence-electron chi connectivity index (χ2n) is 12.4. The number of benzene rings is 7. The van der Waals surface area contributed by atoms with E-state index in [2.05, 4.69) is 84.9 Å². The SMILES string of the molecule is c1ccc(-c2cc(-c3ccccc3)cc(-c3nc(-c4ccccc4)nc(-c4cccc5c4oc4cc6oc7ccccc7c6cc45)n3)c2)cc1. The number of fused-ring (bicyclic) bond motifs is 6. The number of nitrogens with zero attached hydrogens (tertiary/aromatic N) is 3. The summed E-state index contributed by atoms with van der Waals surface area (Å²) in [6.07, 6.45) is 0. The highest BCUT2D eigenvalue weighted by Gasteiger charge is 2.20. The van der Waals surface area contributed by atoms with Crippen LogP contribution in [-0.2, 0) is 0 Å². The molecule has 0 radical (unpaired) electrons. The van der Waals surface area contributed by atoms with Crippen molar-refractivity contribution in [1.82, 2.24) is 15.0 Å². The zero-order valence-electron chi connectivity index (χ0n) is 26.7. The van der Waals surface area contributed by atoms with Gasteiger partial charge in [-0.15, -0.1) is 0 Å². The molecule has 0 amide bonds. The third-order valence-electron chi connectivity index (χ3n) is 9.31. The van der Waals surface area contributed by atoms with Gasteiger partial charge in [-0.2, -0.15) is 0 Å². The van der Waals surface area contributed by atoms with Crippen LogP contribution in [0.25, 0.3) is 100 Å². The molecular weight excluding hydrogens is 615 g/mol. The Labute approximate surface area is 287 Å². The van der Waals surface area contributed by atoms with Crippen LogP contribution in [-0.4, -0.2) is 15.0 Å². The predicted molar refractivity (Wildman–Crippen MR) is 202 cm³/mol. The standard InChI is InChI=1S/C45H27N3O2/c1-4-13-28(14-5-1)31-23-32(29-15-6-2-7-16-29)25-33(24-31)44-46-43(30-17-8-3-9-18-30)47-45(48-44)36-21-12-20-35-38-26-37-34-19-10-11-22-39(34)49-40(37)27-41(38)50-42(35)36/h1-27H. The van der Waals surface area contributed by atoms with Gasteiger partial charge in [-0.05, 0) is 58.7 Å². The molecule has 50 heavy (non-hydrogen) atoms. The summed E-state index contributed by atoms with van der Waals surface area (Å²) in [6, 6.07) is 55.9. The molecule has 0 spiro atoms. The molecule has 0 N–H and O–H groups in total. The van der Waals surface area contributed by atoms with Gasteiger partial charge in [0.25, 0.3) is 0 Å². The first-order valence-corrected chi connectivity index (χ1v) is 16.6. The van der Waals surface area contributed by atoms with Gasteiger partial charge >= 0.3 is 0 Å². The lowest BCUT2D eigenvalue weighted by Gasteiger charge is -2.12. The zero-order chi connectivity index (χ0) is 33.0. The van der Waals surface area contributed by atoms with Crippen LogP contribution in [0.3, 0.4) is 0 Å². The second kappa shape index (κ2) is 11.4. The molecule has 3 heterocycles. The monoisotopic (exact) mass is 641 g/mol. The van der Waals surface area contributed by atoms with Crippen LogP contribution in [0.15, 0.2) is 173 Å². The lowest BCUT2D eigenvalue weighted by molar-refractivity contribution is 0.656. The van der Waals surface area contributed by atoms with Crippen molar-refractivity contribution >= 4 is 43.9 Å². The van der Waals surface area contributed by atoms with Gasteiger partial charge in [-0.25, -0.2) is 15.0 Å². The maximum absolute atomic E-state index is 6.63. The van der Waals surface area contributed by atoms with Crippen molar-refractivity contribution in [2.75, 3.05) is 0 Å². The number of hydrogen-bond acceptors (Lipinski definition) is 5. The summed E-state index contributed by atoms with van der Waals surface area (Å²) in [5.74, 6) is 1.72. The largest absolute Gasteiger partial charge is 0.456 e. The van der Waals surface area contributed by atoms with E-state index in [0.717, 1.165) is 82.8 Å². The van der Waals surface area contributed by atoms with Crippen LogP contribution in [0.2, 0.25) is 0 Å². The normalized spacial score (nSPS) is 11.6. The van der Waals surface area contributed by atoms with Crippen molar-refractivity contribution in [1.29, 1.82) is 0 Å². The van der Waals surface area contributed by atoms with Crippen LogP contribution in [0.4, 0.5) is 0 Å². The lowest BCUT2D eigenvalue weighted by Crippen LogP contribution is -2.00. The minimum Gasteiger partial charge on any atom is -0.456 e. The van der Waals surface area contributed by atoms with Gasteiger partial charge in [0.15, 0.2) is 17.5 Å². The van der Waals surface area contributed by atoms with Gasteiger partial charge in [0, 0.05) is 38.7 Å². The Morgan fingerprint density at radius 1 is 0.300 bits per heavy atom. The fourth-order valence-electron chi connectivity index (χ4n) is 6.89. The second-order valence-corrected chi connectivity index (χ2v) is 12.4. The number of rotatable bonds is 5. The van der Waals surface area contributed by atoms with Crippen LogP contribution >= 0.6 is 0 Å². The molecule has 0 fully saturated rings. The highest BCUT2D eigenvalue weighted by molar-refractivity contribution is 6.16. The van der Waals surface area contributed by atoms with Crippen molar-refractivity contribution in [3.8, 4) is 56.4 Å². The van der Waals surface area contributed by atoms with Gasteiger partial charge < -0.3 is 8.83 Å². The average Bonchev–Trinajstić information content (AvgIpc) is 3.75. The summed E-state index contributed by atoms with van der Waals surface area (Å²) in [5.41, 5.74) is 10.1. The fraction of sp³-hybridized carbons (Fsp3) is 0. The van der Waals surface area contributed by atoms with Gasteiger partial charge in [-0.3, -0.25) is 0 Å². The Kier molecular flexibility index (Phi) is 6.42. The molecule has 10 rings (SSSR count). The maximum atomic E-state index is 6.63. The first kappa shape index (κ1) is 28.2.